The number of fused-ring (bicyclic) bond motifs is 1. The van der Waals surface area contributed by atoms with Gasteiger partial charge in [0.25, 0.3) is 5.91 Å². The number of likely N-dealkylation sites (N-methyl/N-ethyl adjacent to an activating group) is 1. The van der Waals surface area contributed by atoms with Crippen molar-refractivity contribution in [3.05, 3.63) is 47.8 Å². The second kappa shape index (κ2) is 7.84. The largest absolute Gasteiger partial charge is 0.454 e. The molecular weight excluding hydrogens is 344 g/mol. The molecule has 4 rings (SSSR count). The number of aromatic nitrogens is 1. The quantitative estimate of drug-likeness (QED) is 0.873. The minimum atomic E-state index is 0.00748. The highest BCUT2D eigenvalue weighted by atomic mass is 16.7. The van der Waals surface area contributed by atoms with E-state index < -0.39 is 0 Å². The zero-order valence-corrected chi connectivity index (χ0v) is 15.5. The van der Waals surface area contributed by atoms with Crippen LogP contribution in [0.1, 0.15) is 23.0 Å². The number of rotatable bonds is 5. The molecule has 0 saturated carbocycles. The highest BCUT2D eigenvalue weighted by molar-refractivity contribution is 5.92. The minimum Gasteiger partial charge on any atom is -0.454 e. The monoisotopic (exact) mass is 368 g/mol. The van der Waals surface area contributed by atoms with Gasteiger partial charge in [0.15, 0.2) is 11.5 Å². The van der Waals surface area contributed by atoms with E-state index in [1.54, 1.807) is 12.3 Å². The van der Waals surface area contributed by atoms with E-state index in [0.29, 0.717) is 12.2 Å². The fourth-order valence-corrected chi connectivity index (χ4v) is 3.31. The van der Waals surface area contributed by atoms with E-state index >= 15 is 0 Å². The number of anilines is 1. The van der Waals surface area contributed by atoms with Crippen LogP contribution in [0.3, 0.4) is 0 Å². The van der Waals surface area contributed by atoms with Crippen molar-refractivity contribution in [2.24, 2.45) is 0 Å². The van der Waals surface area contributed by atoms with Crippen molar-refractivity contribution in [2.45, 2.75) is 13.5 Å². The van der Waals surface area contributed by atoms with Gasteiger partial charge in [0.05, 0.1) is 11.9 Å². The maximum Gasteiger partial charge on any atom is 0.272 e. The lowest BCUT2D eigenvalue weighted by molar-refractivity contribution is 0.0637. The Morgan fingerprint density at radius 3 is 2.67 bits per heavy atom. The number of carbonyl (C=O) groups excluding carboxylic acids is 1. The van der Waals surface area contributed by atoms with Crippen molar-refractivity contribution >= 4 is 11.6 Å². The lowest BCUT2D eigenvalue weighted by Crippen LogP contribution is -2.48. The molecule has 0 radical (unpaired) electrons. The van der Waals surface area contributed by atoms with Crippen LogP contribution >= 0.6 is 0 Å². The van der Waals surface area contributed by atoms with E-state index in [4.69, 9.17) is 9.47 Å². The number of carbonyl (C=O) groups is 1. The molecule has 0 unspecified atom stereocenters. The van der Waals surface area contributed by atoms with E-state index in [-0.39, 0.29) is 12.7 Å². The topological polar surface area (TPSA) is 66.9 Å². The van der Waals surface area contributed by atoms with Gasteiger partial charge in [-0.3, -0.25) is 4.79 Å². The van der Waals surface area contributed by atoms with Crippen LogP contribution in [0, 0.1) is 0 Å². The first-order chi connectivity index (χ1) is 13.2. The van der Waals surface area contributed by atoms with E-state index in [0.717, 1.165) is 55.5 Å². The summed E-state index contributed by atoms with van der Waals surface area (Å²) in [6.45, 7) is 7.48. The average molecular weight is 368 g/mol. The molecule has 3 heterocycles. The molecule has 7 nitrogen and oxygen atoms in total. The predicted molar refractivity (Wildman–Crippen MR) is 102 cm³/mol. The molecule has 0 bridgehead atoms. The number of piperazine rings is 1. The minimum absolute atomic E-state index is 0.00748. The van der Waals surface area contributed by atoms with Crippen molar-refractivity contribution in [1.82, 2.24) is 14.8 Å². The van der Waals surface area contributed by atoms with Gasteiger partial charge >= 0.3 is 0 Å². The molecule has 1 fully saturated rings. The summed E-state index contributed by atoms with van der Waals surface area (Å²) >= 11 is 0. The van der Waals surface area contributed by atoms with Crippen molar-refractivity contribution in [3.63, 3.8) is 0 Å². The number of benzene rings is 1. The molecule has 142 valence electrons. The molecule has 1 aromatic heterocycles. The molecule has 0 atom stereocenters. The Kier molecular flexibility index (Phi) is 5.11. The van der Waals surface area contributed by atoms with E-state index in [2.05, 4.69) is 22.1 Å². The molecule has 7 heteroatoms. The molecular formula is C20H24N4O3. The van der Waals surface area contributed by atoms with E-state index in [9.17, 15) is 4.79 Å². The summed E-state index contributed by atoms with van der Waals surface area (Å²) in [6.07, 6.45) is 1.71. The summed E-state index contributed by atoms with van der Waals surface area (Å²) in [7, 11) is 0. The molecule has 1 saturated heterocycles. The molecule has 2 aliphatic heterocycles. The van der Waals surface area contributed by atoms with Crippen molar-refractivity contribution < 1.29 is 14.3 Å². The summed E-state index contributed by atoms with van der Waals surface area (Å²) in [5.41, 5.74) is 2.46. The third-order valence-corrected chi connectivity index (χ3v) is 5.02. The van der Waals surface area contributed by atoms with Gasteiger partial charge in [-0.25, -0.2) is 4.98 Å². The van der Waals surface area contributed by atoms with Gasteiger partial charge in [0, 0.05) is 32.7 Å². The zero-order chi connectivity index (χ0) is 18.6. The highest BCUT2D eigenvalue weighted by Gasteiger charge is 2.22. The number of hydrogen-bond acceptors (Lipinski definition) is 6. The number of amides is 1. The lowest BCUT2D eigenvalue weighted by atomic mass is 10.2. The van der Waals surface area contributed by atoms with Crippen molar-refractivity contribution in [3.8, 4) is 11.5 Å². The molecule has 1 aromatic carbocycles. The van der Waals surface area contributed by atoms with Crippen LogP contribution in [0.15, 0.2) is 36.5 Å². The third kappa shape index (κ3) is 3.98. The summed E-state index contributed by atoms with van der Waals surface area (Å²) < 4.78 is 10.7. The highest BCUT2D eigenvalue weighted by Crippen LogP contribution is 2.32. The van der Waals surface area contributed by atoms with Gasteiger partial charge in [0.2, 0.25) is 6.79 Å². The van der Waals surface area contributed by atoms with Gasteiger partial charge in [-0.15, -0.1) is 0 Å². The Hall–Kier alpha value is -2.80. The second-order valence-corrected chi connectivity index (χ2v) is 6.70. The van der Waals surface area contributed by atoms with Gasteiger partial charge in [-0.1, -0.05) is 13.0 Å². The van der Waals surface area contributed by atoms with Gasteiger partial charge < -0.3 is 24.6 Å². The second-order valence-electron chi connectivity index (χ2n) is 6.70. The zero-order valence-electron chi connectivity index (χ0n) is 15.5. The Labute approximate surface area is 158 Å². The number of ether oxygens (including phenoxy) is 2. The van der Waals surface area contributed by atoms with Crippen LogP contribution in [-0.4, -0.2) is 60.2 Å². The smallest absolute Gasteiger partial charge is 0.272 e. The van der Waals surface area contributed by atoms with Crippen molar-refractivity contribution in [1.29, 1.82) is 0 Å². The number of nitrogens with zero attached hydrogens (tertiary/aromatic N) is 3. The van der Waals surface area contributed by atoms with E-state index in [1.165, 1.54) is 0 Å². The SMILES string of the molecule is CCN1CCN(C(=O)c2ccc(NCc3ccc4c(c3)OCO4)cn2)CC1. The maximum atomic E-state index is 12.6. The number of pyridine rings is 1. The standard InChI is InChI=1S/C20H24N4O3/c1-2-23-7-9-24(10-8-23)20(25)17-5-4-16(13-22-17)21-12-15-3-6-18-19(11-15)27-14-26-18/h3-6,11,13,21H,2,7-10,12,14H2,1H3. The number of nitrogens with one attached hydrogen (secondary N) is 1. The maximum absolute atomic E-state index is 12.6. The Morgan fingerprint density at radius 2 is 1.93 bits per heavy atom. The van der Waals surface area contributed by atoms with Gasteiger partial charge in [-0.05, 0) is 36.4 Å². The average Bonchev–Trinajstić information content (AvgIpc) is 3.20. The summed E-state index contributed by atoms with van der Waals surface area (Å²) in [5, 5.41) is 3.32. The van der Waals surface area contributed by atoms with Crippen LogP contribution in [0.5, 0.6) is 11.5 Å². The Morgan fingerprint density at radius 1 is 1.11 bits per heavy atom. The van der Waals surface area contributed by atoms with Crippen LogP contribution in [-0.2, 0) is 6.54 Å². The lowest BCUT2D eigenvalue weighted by Gasteiger charge is -2.33. The predicted octanol–water partition coefficient (Wildman–Crippen LogP) is 2.20. The molecule has 1 amide bonds. The van der Waals surface area contributed by atoms with E-state index in [1.807, 2.05) is 29.2 Å². The Bertz CT molecular complexity index is 801. The first-order valence-corrected chi connectivity index (χ1v) is 9.33. The Balaban J connectivity index is 1.33. The summed E-state index contributed by atoms with van der Waals surface area (Å²) in [5.74, 6) is 1.56. The first kappa shape index (κ1) is 17.6. The van der Waals surface area contributed by atoms with Crippen LogP contribution in [0.2, 0.25) is 0 Å². The van der Waals surface area contributed by atoms with Crippen molar-refractivity contribution in [2.75, 3.05) is 44.8 Å². The third-order valence-electron chi connectivity index (χ3n) is 5.02. The molecule has 0 spiro atoms. The molecule has 27 heavy (non-hydrogen) atoms. The normalized spacial score (nSPS) is 16.4. The van der Waals surface area contributed by atoms with Gasteiger partial charge in [0.1, 0.15) is 5.69 Å². The fourth-order valence-electron chi connectivity index (χ4n) is 3.31. The molecule has 1 N–H and O–H groups in total. The summed E-state index contributed by atoms with van der Waals surface area (Å²) in [4.78, 5) is 21.2. The molecule has 2 aromatic rings. The van der Waals surface area contributed by atoms with Crippen LogP contribution in [0.25, 0.3) is 0 Å². The van der Waals surface area contributed by atoms with Gasteiger partial charge in [-0.2, -0.15) is 0 Å². The van der Waals surface area contributed by atoms with Crippen LogP contribution in [0.4, 0.5) is 5.69 Å². The number of hydrogen-bond donors (Lipinski definition) is 1. The van der Waals surface area contributed by atoms with Crippen LogP contribution < -0.4 is 14.8 Å². The molecule has 0 aliphatic carbocycles. The fraction of sp³-hybridized carbons (Fsp3) is 0.400. The first-order valence-electron chi connectivity index (χ1n) is 9.33. The summed E-state index contributed by atoms with van der Waals surface area (Å²) in [6, 6.07) is 9.57. The molecule has 2 aliphatic rings.